The largest absolute Gasteiger partial charge is 0.489 e. The van der Waals surface area contributed by atoms with E-state index in [9.17, 15) is 9.18 Å². The molecule has 1 amide bonds. The molecular weight excluding hydrogens is 487 g/mol. The average Bonchev–Trinajstić information content (AvgIpc) is 3.31. The van der Waals surface area contributed by atoms with Gasteiger partial charge in [0.25, 0.3) is 0 Å². The van der Waals surface area contributed by atoms with E-state index < -0.39 is 0 Å². The smallest absolute Gasteiger partial charge is 0.247 e. The number of halogens is 1. The van der Waals surface area contributed by atoms with Gasteiger partial charge in [-0.15, -0.1) is 0 Å². The van der Waals surface area contributed by atoms with E-state index in [1.807, 2.05) is 28.9 Å². The van der Waals surface area contributed by atoms with Crippen LogP contribution in [0.3, 0.4) is 0 Å². The number of carbonyl (C=O) groups is 1. The molecule has 5 rings (SSSR count). The van der Waals surface area contributed by atoms with E-state index in [0.29, 0.717) is 47.9 Å². The Hall–Kier alpha value is -4.83. The zero-order valence-electron chi connectivity index (χ0n) is 20.6. The Bertz CT molecular complexity index is 1630. The lowest BCUT2D eigenvalue weighted by Gasteiger charge is -2.15. The Morgan fingerprint density at radius 1 is 1.13 bits per heavy atom. The highest BCUT2D eigenvalue weighted by Gasteiger charge is 2.14. The van der Waals surface area contributed by atoms with E-state index >= 15 is 0 Å². The first kappa shape index (κ1) is 24.8. The molecule has 192 valence electrons. The van der Waals surface area contributed by atoms with Gasteiger partial charge >= 0.3 is 0 Å². The second-order valence-corrected chi connectivity index (χ2v) is 8.45. The van der Waals surface area contributed by atoms with Gasteiger partial charge in [-0.3, -0.25) is 9.48 Å². The zero-order chi connectivity index (χ0) is 26.5. The van der Waals surface area contributed by atoms with Gasteiger partial charge in [0.15, 0.2) is 0 Å². The van der Waals surface area contributed by atoms with Gasteiger partial charge in [0.05, 0.1) is 36.1 Å². The molecule has 0 spiro atoms. The lowest BCUT2D eigenvalue weighted by molar-refractivity contribution is -0.111. The predicted octanol–water partition coefficient (Wildman–Crippen LogP) is 5.06. The quantitative estimate of drug-likeness (QED) is 0.199. The topological polar surface area (TPSA) is 103 Å². The maximum atomic E-state index is 13.6. The van der Waals surface area contributed by atoms with Gasteiger partial charge in [-0.2, -0.15) is 5.10 Å². The summed E-state index contributed by atoms with van der Waals surface area (Å²) in [7, 11) is 1.59. The number of rotatable bonds is 10. The summed E-state index contributed by atoms with van der Waals surface area (Å²) in [4.78, 5) is 20.8. The number of methoxy groups -OCH3 is 1. The molecule has 0 aliphatic heterocycles. The van der Waals surface area contributed by atoms with Crippen LogP contribution in [0.2, 0.25) is 0 Å². The molecule has 2 aromatic heterocycles. The van der Waals surface area contributed by atoms with Crippen molar-refractivity contribution in [3.8, 4) is 5.75 Å². The Balaban J connectivity index is 1.44. The van der Waals surface area contributed by atoms with Crippen molar-refractivity contribution in [3.63, 3.8) is 0 Å². The van der Waals surface area contributed by atoms with E-state index in [1.165, 1.54) is 24.5 Å². The minimum Gasteiger partial charge on any atom is -0.489 e. The number of aromatic nitrogens is 4. The molecule has 3 aromatic carbocycles. The standard InChI is InChI=1S/C28H25FN6O3/c1-3-27(36)34-24-14-23-22(13-26(24)38-10-9-37-2)28(31-17-30-23)33-21-7-8-25-19(12-21)15-32-35(25)16-18-5-4-6-20(29)11-18/h3-8,11-15,17H,1,9-10,16H2,2H3,(H,34,36)(H,30,31,33). The number of ether oxygens (including phenoxy) is 2. The number of nitrogens with zero attached hydrogens (tertiary/aromatic N) is 4. The van der Waals surface area contributed by atoms with Gasteiger partial charge in [-0.05, 0) is 54.1 Å². The van der Waals surface area contributed by atoms with Crippen molar-refractivity contribution in [2.75, 3.05) is 31.0 Å². The van der Waals surface area contributed by atoms with Crippen LogP contribution in [0.25, 0.3) is 21.8 Å². The van der Waals surface area contributed by atoms with Crippen LogP contribution in [-0.2, 0) is 16.1 Å². The number of hydrogen-bond acceptors (Lipinski definition) is 7. The average molecular weight is 513 g/mol. The molecule has 0 saturated carbocycles. The van der Waals surface area contributed by atoms with Gasteiger partial charge in [-0.25, -0.2) is 14.4 Å². The van der Waals surface area contributed by atoms with Crippen LogP contribution in [-0.4, -0.2) is 46.0 Å². The van der Waals surface area contributed by atoms with E-state index in [-0.39, 0.29) is 11.7 Å². The van der Waals surface area contributed by atoms with Gasteiger partial charge in [0.1, 0.15) is 30.3 Å². The van der Waals surface area contributed by atoms with Crippen molar-refractivity contribution in [2.45, 2.75) is 6.54 Å². The fourth-order valence-corrected chi connectivity index (χ4v) is 4.05. The van der Waals surface area contributed by atoms with Crippen molar-refractivity contribution in [2.24, 2.45) is 0 Å². The maximum absolute atomic E-state index is 13.6. The molecule has 0 aliphatic carbocycles. The number of hydrogen-bond donors (Lipinski definition) is 2. The van der Waals surface area contributed by atoms with Crippen LogP contribution in [0, 0.1) is 5.82 Å². The van der Waals surface area contributed by atoms with Gasteiger partial charge in [0, 0.05) is 23.6 Å². The van der Waals surface area contributed by atoms with E-state index in [1.54, 1.807) is 31.5 Å². The van der Waals surface area contributed by atoms with E-state index in [2.05, 4.69) is 32.3 Å². The summed E-state index contributed by atoms with van der Waals surface area (Å²) in [5.74, 6) is 0.390. The number of amides is 1. The van der Waals surface area contributed by atoms with Crippen molar-refractivity contribution < 1.29 is 18.7 Å². The third-order valence-electron chi connectivity index (χ3n) is 5.85. The molecule has 0 saturated heterocycles. The first-order valence-corrected chi connectivity index (χ1v) is 11.8. The number of benzene rings is 3. The minimum absolute atomic E-state index is 0.273. The molecule has 10 heteroatoms. The first-order chi connectivity index (χ1) is 18.5. The molecule has 0 unspecified atom stereocenters. The fourth-order valence-electron chi connectivity index (χ4n) is 4.05. The Kier molecular flexibility index (Phi) is 7.23. The molecule has 0 aliphatic rings. The zero-order valence-corrected chi connectivity index (χ0v) is 20.6. The molecule has 0 fully saturated rings. The number of anilines is 3. The highest BCUT2D eigenvalue weighted by Crippen LogP contribution is 2.34. The summed E-state index contributed by atoms with van der Waals surface area (Å²) >= 11 is 0. The SMILES string of the molecule is C=CC(=O)Nc1cc2ncnc(Nc3ccc4c(cnn4Cc4cccc(F)c4)c3)c2cc1OCCOC. The van der Waals surface area contributed by atoms with E-state index in [4.69, 9.17) is 9.47 Å². The molecule has 2 heterocycles. The van der Waals surface area contributed by atoms with Crippen LogP contribution in [0.5, 0.6) is 5.75 Å². The third kappa shape index (κ3) is 5.45. The lowest BCUT2D eigenvalue weighted by Crippen LogP contribution is -2.11. The highest BCUT2D eigenvalue weighted by molar-refractivity contribution is 6.03. The number of nitrogens with one attached hydrogen (secondary N) is 2. The summed E-state index contributed by atoms with van der Waals surface area (Å²) in [6.07, 6.45) is 4.41. The number of fused-ring (bicyclic) bond motifs is 2. The van der Waals surface area contributed by atoms with Crippen LogP contribution < -0.4 is 15.4 Å². The maximum Gasteiger partial charge on any atom is 0.247 e. The fraction of sp³-hybridized carbons (Fsp3) is 0.143. The van der Waals surface area contributed by atoms with Crippen molar-refractivity contribution in [3.05, 3.63) is 91.2 Å². The van der Waals surface area contributed by atoms with Crippen molar-refractivity contribution >= 4 is 44.9 Å². The molecule has 9 nitrogen and oxygen atoms in total. The van der Waals surface area contributed by atoms with Crippen LogP contribution in [0.4, 0.5) is 21.6 Å². The Labute approximate surface area is 217 Å². The minimum atomic E-state index is -0.361. The molecular formula is C28H25FN6O3. The first-order valence-electron chi connectivity index (χ1n) is 11.8. The summed E-state index contributed by atoms with van der Waals surface area (Å²) < 4.78 is 26.4. The molecule has 38 heavy (non-hydrogen) atoms. The Morgan fingerprint density at radius 3 is 2.84 bits per heavy atom. The predicted molar refractivity (Wildman–Crippen MR) is 144 cm³/mol. The monoisotopic (exact) mass is 512 g/mol. The van der Waals surface area contributed by atoms with Crippen molar-refractivity contribution in [1.82, 2.24) is 19.7 Å². The summed E-state index contributed by atoms with van der Waals surface area (Å²) in [5, 5.41) is 12.2. The summed E-state index contributed by atoms with van der Waals surface area (Å²) in [5.41, 5.74) is 3.63. The lowest BCUT2D eigenvalue weighted by atomic mass is 10.1. The second-order valence-electron chi connectivity index (χ2n) is 8.45. The molecule has 0 radical (unpaired) electrons. The van der Waals surface area contributed by atoms with Crippen LogP contribution in [0.15, 0.2) is 79.8 Å². The Morgan fingerprint density at radius 2 is 2.03 bits per heavy atom. The van der Waals surface area contributed by atoms with Crippen LogP contribution in [0.1, 0.15) is 5.56 Å². The molecule has 2 N–H and O–H groups in total. The summed E-state index contributed by atoms with van der Waals surface area (Å²) in [6.45, 7) is 4.64. The molecule has 5 aromatic rings. The normalized spacial score (nSPS) is 11.0. The van der Waals surface area contributed by atoms with Gasteiger partial charge in [-0.1, -0.05) is 18.7 Å². The summed E-state index contributed by atoms with van der Waals surface area (Å²) in [6, 6.07) is 15.8. The van der Waals surface area contributed by atoms with Crippen molar-refractivity contribution in [1.29, 1.82) is 0 Å². The third-order valence-corrected chi connectivity index (χ3v) is 5.85. The van der Waals surface area contributed by atoms with Gasteiger partial charge < -0.3 is 20.1 Å². The molecule has 0 bridgehead atoms. The highest BCUT2D eigenvalue weighted by atomic mass is 19.1. The van der Waals surface area contributed by atoms with E-state index in [0.717, 1.165) is 22.2 Å². The van der Waals surface area contributed by atoms with Gasteiger partial charge in [0.2, 0.25) is 5.91 Å². The molecule has 0 atom stereocenters. The number of carbonyl (C=O) groups excluding carboxylic acids is 1. The van der Waals surface area contributed by atoms with Crippen LogP contribution >= 0.6 is 0 Å². The second kappa shape index (κ2) is 11.1.